The third-order valence-corrected chi connectivity index (χ3v) is 3.29. The van der Waals surface area contributed by atoms with Crippen molar-refractivity contribution >= 4 is 11.9 Å². The Morgan fingerprint density at radius 1 is 1.25 bits per heavy atom. The third-order valence-electron chi connectivity index (χ3n) is 3.29. The number of hydrogen-bond donors (Lipinski definition) is 1. The van der Waals surface area contributed by atoms with Gasteiger partial charge in [-0.3, -0.25) is 9.69 Å². The normalized spacial score (nSPS) is 18.3. The molecule has 3 amide bonds. The van der Waals surface area contributed by atoms with Crippen molar-refractivity contribution in [2.24, 2.45) is 0 Å². The lowest BCUT2D eigenvalue weighted by Gasteiger charge is -2.13. The van der Waals surface area contributed by atoms with Crippen LogP contribution in [0.4, 0.5) is 4.79 Å². The Kier molecular flexibility index (Phi) is 4.61. The highest BCUT2D eigenvalue weighted by atomic mass is 16.5. The molecule has 1 aromatic carbocycles. The van der Waals surface area contributed by atoms with Crippen molar-refractivity contribution in [3.63, 3.8) is 0 Å². The number of nitrogens with one attached hydrogen (secondary N) is 1. The van der Waals surface area contributed by atoms with E-state index < -0.39 is 0 Å². The number of imide groups is 1. The number of amides is 3. The first kappa shape index (κ1) is 14.4. The average molecular weight is 276 g/mol. The summed E-state index contributed by atoms with van der Waals surface area (Å²) in [5, 5.41) is 2.69. The molecule has 108 valence electrons. The minimum Gasteiger partial charge on any atom is -0.492 e. The van der Waals surface area contributed by atoms with Crippen molar-refractivity contribution in [1.82, 2.24) is 10.2 Å². The molecule has 1 aliphatic heterocycles. The molecule has 0 aliphatic carbocycles. The van der Waals surface area contributed by atoms with Gasteiger partial charge in [0, 0.05) is 0 Å². The number of benzene rings is 1. The van der Waals surface area contributed by atoms with Crippen molar-refractivity contribution < 1.29 is 14.3 Å². The van der Waals surface area contributed by atoms with Gasteiger partial charge < -0.3 is 10.1 Å². The van der Waals surface area contributed by atoms with Gasteiger partial charge in [-0.25, -0.2) is 4.79 Å². The first-order valence-corrected chi connectivity index (χ1v) is 6.93. The molecule has 0 aromatic heterocycles. The zero-order chi connectivity index (χ0) is 14.5. The molecule has 2 rings (SSSR count). The number of ether oxygens (including phenoxy) is 1. The zero-order valence-electron chi connectivity index (χ0n) is 11.9. The van der Waals surface area contributed by atoms with E-state index in [1.54, 1.807) is 0 Å². The van der Waals surface area contributed by atoms with Gasteiger partial charge in [-0.2, -0.15) is 0 Å². The van der Waals surface area contributed by atoms with Crippen LogP contribution in [0.2, 0.25) is 0 Å². The van der Waals surface area contributed by atoms with Crippen LogP contribution in [0.1, 0.15) is 25.3 Å². The molecule has 0 radical (unpaired) electrons. The molecule has 0 unspecified atom stereocenters. The van der Waals surface area contributed by atoms with E-state index in [9.17, 15) is 9.59 Å². The number of rotatable bonds is 6. The Bertz CT molecular complexity index is 484. The Balaban J connectivity index is 1.83. The van der Waals surface area contributed by atoms with Crippen molar-refractivity contribution in [2.45, 2.75) is 32.7 Å². The van der Waals surface area contributed by atoms with Crippen LogP contribution in [-0.4, -0.2) is 36.0 Å². The molecule has 0 bridgehead atoms. The molecular weight excluding hydrogens is 256 g/mol. The van der Waals surface area contributed by atoms with Crippen LogP contribution in [0.25, 0.3) is 0 Å². The van der Waals surface area contributed by atoms with E-state index in [1.165, 1.54) is 4.90 Å². The van der Waals surface area contributed by atoms with E-state index in [0.717, 1.165) is 17.7 Å². The maximum Gasteiger partial charge on any atom is 0.324 e. The first-order valence-electron chi connectivity index (χ1n) is 6.93. The summed E-state index contributed by atoms with van der Waals surface area (Å²) in [5.74, 6) is 0.595. The van der Waals surface area contributed by atoms with Crippen molar-refractivity contribution in [3.8, 4) is 5.75 Å². The van der Waals surface area contributed by atoms with Crippen LogP contribution in [-0.2, 0) is 4.79 Å². The Hall–Kier alpha value is -2.04. The Morgan fingerprint density at radius 3 is 2.60 bits per heavy atom. The monoisotopic (exact) mass is 276 g/mol. The second-order valence-corrected chi connectivity index (χ2v) is 4.94. The van der Waals surface area contributed by atoms with Crippen molar-refractivity contribution in [1.29, 1.82) is 0 Å². The van der Waals surface area contributed by atoms with Crippen LogP contribution in [0.15, 0.2) is 24.3 Å². The summed E-state index contributed by atoms with van der Waals surface area (Å²) < 4.78 is 5.54. The number of carbonyl (C=O) groups excluding carboxylic acids is 2. The second kappa shape index (κ2) is 6.41. The Morgan fingerprint density at radius 2 is 1.95 bits per heavy atom. The number of urea groups is 1. The summed E-state index contributed by atoms with van der Waals surface area (Å²) in [5.41, 5.74) is 1.16. The van der Waals surface area contributed by atoms with Crippen LogP contribution in [0, 0.1) is 6.92 Å². The summed E-state index contributed by atoms with van der Waals surface area (Å²) in [4.78, 5) is 24.9. The molecule has 5 heteroatoms. The molecule has 1 aliphatic rings. The van der Waals surface area contributed by atoms with Gasteiger partial charge in [-0.05, 0) is 25.5 Å². The summed E-state index contributed by atoms with van der Waals surface area (Å²) in [7, 11) is 0. The molecule has 0 saturated carbocycles. The van der Waals surface area contributed by atoms with Gasteiger partial charge in [0.2, 0.25) is 0 Å². The van der Waals surface area contributed by atoms with Crippen LogP contribution < -0.4 is 10.1 Å². The molecule has 1 N–H and O–H groups in total. The van der Waals surface area contributed by atoms with Gasteiger partial charge in [-0.15, -0.1) is 0 Å². The molecule has 20 heavy (non-hydrogen) atoms. The van der Waals surface area contributed by atoms with Crippen molar-refractivity contribution in [3.05, 3.63) is 29.8 Å². The van der Waals surface area contributed by atoms with E-state index in [-0.39, 0.29) is 24.5 Å². The van der Waals surface area contributed by atoms with Crippen molar-refractivity contribution in [2.75, 3.05) is 13.2 Å². The lowest BCUT2D eigenvalue weighted by Crippen LogP contribution is -2.35. The van der Waals surface area contributed by atoms with Crippen LogP contribution in [0.5, 0.6) is 5.75 Å². The standard InChI is InChI=1S/C15H20N2O3/c1-3-4-13-14(18)17(15(19)16-13)9-10-20-12-7-5-11(2)6-8-12/h5-8,13H,3-4,9-10H2,1-2H3,(H,16,19)/t13-/m0/s1. The van der Waals surface area contributed by atoms with Gasteiger partial charge in [0.15, 0.2) is 0 Å². The Labute approximate surface area is 118 Å². The van der Waals surface area contributed by atoms with E-state index in [4.69, 9.17) is 4.74 Å². The fraction of sp³-hybridized carbons (Fsp3) is 0.467. The minimum atomic E-state index is -0.369. The zero-order valence-corrected chi connectivity index (χ0v) is 11.9. The van der Waals surface area contributed by atoms with E-state index in [1.807, 2.05) is 38.1 Å². The number of hydrogen-bond acceptors (Lipinski definition) is 3. The van der Waals surface area contributed by atoms with E-state index >= 15 is 0 Å². The fourth-order valence-electron chi connectivity index (χ4n) is 2.16. The molecule has 1 aromatic rings. The predicted octanol–water partition coefficient (Wildman–Crippen LogP) is 2.09. The summed E-state index contributed by atoms with van der Waals surface area (Å²) in [6, 6.07) is 6.98. The average Bonchev–Trinajstić information content (AvgIpc) is 2.69. The predicted molar refractivity (Wildman–Crippen MR) is 75.6 cm³/mol. The molecular formula is C15H20N2O3. The summed E-state index contributed by atoms with van der Waals surface area (Å²) in [6.07, 6.45) is 1.55. The molecule has 1 fully saturated rings. The minimum absolute atomic E-state index is 0.149. The molecule has 5 nitrogen and oxygen atoms in total. The maximum atomic E-state index is 12.0. The number of aryl methyl sites for hydroxylation is 1. The quantitative estimate of drug-likeness (QED) is 0.809. The second-order valence-electron chi connectivity index (χ2n) is 4.94. The van der Waals surface area contributed by atoms with E-state index in [0.29, 0.717) is 13.0 Å². The van der Waals surface area contributed by atoms with Crippen LogP contribution >= 0.6 is 0 Å². The highest BCUT2D eigenvalue weighted by Gasteiger charge is 2.36. The molecule has 1 atom stereocenters. The van der Waals surface area contributed by atoms with Crippen LogP contribution in [0.3, 0.4) is 0 Å². The van der Waals surface area contributed by atoms with Gasteiger partial charge in [-0.1, -0.05) is 31.0 Å². The lowest BCUT2D eigenvalue weighted by molar-refractivity contribution is -0.127. The van der Waals surface area contributed by atoms with E-state index in [2.05, 4.69) is 5.32 Å². The summed E-state index contributed by atoms with van der Waals surface area (Å²) in [6.45, 7) is 4.58. The lowest BCUT2D eigenvalue weighted by atomic mass is 10.2. The fourth-order valence-corrected chi connectivity index (χ4v) is 2.16. The highest BCUT2D eigenvalue weighted by molar-refractivity contribution is 6.04. The topological polar surface area (TPSA) is 58.6 Å². The highest BCUT2D eigenvalue weighted by Crippen LogP contribution is 2.13. The maximum absolute atomic E-state index is 12.0. The summed E-state index contributed by atoms with van der Waals surface area (Å²) >= 11 is 0. The number of carbonyl (C=O) groups is 2. The number of nitrogens with zero attached hydrogens (tertiary/aromatic N) is 1. The largest absolute Gasteiger partial charge is 0.492 e. The molecule has 1 heterocycles. The SMILES string of the molecule is CCC[C@@H]1NC(=O)N(CCOc2ccc(C)cc2)C1=O. The van der Waals surface area contributed by atoms with Gasteiger partial charge >= 0.3 is 6.03 Å². The molecule has 1 saturated heterocycles. The third kappa shape index (κ3) is 3.29. The molecule has 0 spiro atoms. The first-order chi connectivity index (χ1) is 9.61. The smallest absolute Gasteiger partial charge is 0.324 e. The van der Waals surface area contributed by atoms with Gasteiger partial charge in [0.05, 0.1) is 6.54 Å². The van der Waals surface area contributed by atoms with Gasteiger partial charge in [0.1, 0.15) is 18.4 Å². The van der Waals surface area contributed by atoms with Gasteiger partial charge in [0.25, 0.3) is 5.91 Å².